The fourth-order valence-electron chi connectivity index (χ4n) is 1.85. The summed E-state index contributed by atoms with van der Waals surface area (Å²) in [5.74, 6) is -1.27. The molecule has 118 valence electrons. The van der Waals surface area contributed by atoms with Crippen LogP contribution in [0.4, 0.5) is 4.39 Å². The number of hydrogen-bond acceptors (Lipinski definition) is 3. The number of carbonyl (C=O) groups excluding carboxylic acids is 2. The maximum Gasteiger partial charge on any atom is 0.270 e. The Labute approximate surface area is 133 Å². The van der Waals surface area contributed by atoms with Gasteiger partial charge < -0.3 is 10.6 Å². The molecule has 0 unspecified atom stereocenters. The zero-order valence-corrected chi connectivity index (χ0v) is 12.4. The van der Waals surface area contributed by atoms with E-state index >= 15 is 0 Å². The Morgan fingerprint density at radius 2 is 1.70 bits per heavy atom. The van der Waals surface area contributed by atoms with Gasteiger partial charge in [0, 0.05) is 18.7 Å². The van der Waals surface area contributed by atoms with E-state index in [0.29, 0.717) is 12.1 Å². The van der Waals surface area contributed by atoms with E-state index in [1.54, 1.807) is 30.3 Å². The summed E-state index contributed by atoms with van der Waals surface area (Å²) < 4.78 is 13.5. The van der Waals surface area contributed by atoms with E-state index in [-0.39, 0.29) is 17.9 Å². The van der Waals surface area contributed by atoms with Gasteiger partial charge in [-0.3, -0.25) is 9.59 Å². The highest BCUT2D eigenvalue weighted by Crippen LogP contribution is 2.06. The van der Waals surface area contributed by atoms with Crippen LogP contribution in [0.15, 0.2) is 55.1 Å². The lowest BCUT2D eigenvalue weighted by Crippen LogP contribution is -2.27. The number of carbonyl (C=O) groups is 2. The van der Waals surface area contributed by atoms with Crippen LogP contribution in [-0.4, -0.2) is 23.3 Å². The van der Waals surface area contributed by atoms with Crippen LogP contribution < -0.4 is 10.6 Å². The topological polar surface area (TPSA) is 71.1 Å². The molecular weight excluding hydrogens is 297 g/mol. The highest BCUT2D eigenvalue weighted by molar-refractivity contribution is 5.96. The normalized spacial score (nSPS) is 9.96. The minimum Gasteiger partial charge on any atom is -0.347 e. The van der Waals surface area contributed by atoms with Gasteiger partial charge in [-0.1, -0.05) is 30.3 Å². The summed E-state index contributed by atoms with van der Waals surface area (Å²) in [7, 11) is 0. The van der Waals surface area contributed by atoms with Gasteiger partial charge in [-0.15, -0.1) is 6.58 Å². The van der Waals surface area contributed by atoms with Gasteiger partial charge in [0.25, 0.3) is 11.8 Å². The third kappa shape index (κ3) is 4.47. The van der Waals surface area contributed by atoms with Gasteiger partial charge in [0.05, 0.1) is 0 Å². The maximum absolute atomic E-state index is 13.5. The molecule has 0 aliphatic carbocycles. The Balaban J connectivity index is 2.03. The standard InChI is InChI=1S/C17H16FN3O2/c1-2-10-19-16(22)14-8-5-9-15(21-14)17(23)20-11-12-6-3-4-7-13(12)18/h2-9H,1,10-11H2,(H,19,22)(H,20,23). The first kappa shape index (κ1) is 16.4. The van der Waals surface area contributed by atoms with Gasteiger partial charge in [0.2, 0.25) is 0 Å². The number of halogens is 1. The molecule has 23 heavy (non-hydrogen) atoms. The summed E-state index contributed by atoms with van der Waals surface area (Å²) in [6.07, 6.45) is 1.54. The molecule has 0 fully saturated rings. The molecule has 0 saturated heterocycles. The van der Waals surface area contributed by atoms with Gasteiger partial charge >= 0.3 is 0 Å². The summed E-state index contributed by atoms with van der Waals surface area (Å²) in [6, 6.07) is 10.7. The second-order valence-corrected chi connectivity index (χ2v) is 4.68. The Morgan fingerprint density at radius 1 is 1.04 bits per heavy atom. The summed E-state index contributed by atoms with van der Waals surface area (Å²) in [4.78, 5) is 27.9. The smallest absolute Gasteiger partial charge is 0.270 e. The van der Waals surface area contributed by atoms with Crippen molar-refractivity contribution in [3.05, 3.63) is 77.9 Å². The highest BCUT2D eigenvalue weighted by atomic mass is 19.1. The largest absolute Gasteiger partial charge is 0.347 e. The van der Waals surface area contributed by atoms with Crippen LogP contribution in [0, 0.1) is 5.82 Å². The van der Waals surface area contributed by atoms with E-state index in [2.05, 4.69) is 22.2 Å². The van der Waals surface area contributed by atoms with Gasteiger partial charge in [0.1, 0.15) is 17.2 Å². The number of nitrogens with one attached hydrogen (secondary N) is 2. The third-order valence-corrected chi connectivity index (χ3v) is 3.02. The molecule has 1 aromatic carbocycles. The number of amides is 2. The van der Waals surface area contributed by atoms with Gasteiger partial charge in [-0.25, -0.2) is 9.37 Å². The molecule has 1 aromatic heterocycles. The molecule has 0 saturated carbocycles. The minimum atomic E-state index is -0.480. The molecule has 2 rings (SSSR count). The number of benzene rings is 1. The van der Waals surface area contributed by atoms with Crippen molar-refractivity contribution in [1.82, 2.24) is 15.6 Å². The zero-order valence-electron chi connectivity index (χ0n) is 12.4. The quantitative estimate of drug-likeness (QED) is 0.802. The number of hydrogen-bond donors (Lipinski definition) is 2. The molecule has 6 heteroatoms. The predicted octanol–water partition coefficient (Wildman–Crippen LogP) is 2.07. The van der Waals surface area contributed by atoms with Crippen molar-refractivity contribution in [3.63, 3.8) is 0 Å². The predicted molar refractivity (Wildman–Crippen MR) is 84.3 cm³/mol. The minimum absolute atomic E-state index is 0.0417. The van der Waals surface area contributed by atoms with Crippen LogP contribution in [-0.2, 0) is 6.54 Å². The van der Waals surface area contributed by atoms with Crippen LogP contribution in [0.25, 0.3) is 0 Å². The van der Waals surface area contributed by atoms with E-state index in [9.17, 15) is 14.0 Å². The highest BCUT2D eigenvalue weighted by Gasteiger charge is 2.12. The molecular formula is C17H16FN3O2. The SMILES string of the molecule is C=CCNC(=O)c1cccc(C(=O)NCc2ccccc2F)n1. The molecule has 0 radical (unpaired) electrons. The van der Waals surface area contributed by atoms with Crippen molar-refractivity contribution in [2.75, 3.05) is 6.54 Å². The van der Waals surface area contributed by atoms with Crippen LogP contribution >= 0.6 is 0 Å². The van der Waals surface area contributed by atoms with Crippen molar-refractivity contribution in [3.8, 4) is 0 Å². The first-order chi connectivity index (χ1) is 11.1. The molecule has 2 aromatic rings. The van der Waals surface area contributed by atoms with Crippen molar-refractivity contribution < 1.29 is 14.0 Å². The molecule has 0 aliphatic heterocycles. The van der Waals surface area contributed by atoms with E-state index in [1.165, 1.54) is 18.2 Å². The first-order valence-corrected chi connectivity index (χ1v) is 6.99. The first-order valence-electron chi connectivity index (χ1n) is 6.99. The molecule has 0 bridgehead atoms. The number of pyridine rings is 1. The lowest BCUT2D eigenvalue weighted by atomic mass is 10.2. The summed E-state index contributed by atoms with van der Waals surface area (Å²) in [5, 5.41) is 5.16. The van der Waals surface area contributed by atoms with Crippen LogP contribution in [0.3, 0.4) is 0 Å². The number of nitrogens with zero attached hydrogens (tertiary/aromatic N) is 1. The Hall–Kier alpha value is -3.02. The molecule has 5 nitrogen and oxygen atoms in total. The van der Waals surface area contributed by atoms with E-state index in [0.717, 1.165) is 0 Å². The molecule has 0 atom stereocenters. The second kappa shape index (κ2) is 7.84. The Kier molecular flexibility index (Phi) is 5.57. The molecule has 0 spiro atoms. The Bertz CT molecular complexity index is 731. The summed E-state index contributed by atoms with van der Waals surface area (Å²) in [5.41, 5.74) is 0.596. The van der Waals surface area contributed by atoms with Crippen LogP contribution in [0.2, 0.25) is 0 Å². The number of rotatable bonds is 6. The number of aromatic nitrogens is 1. The van der Waals surface area contributed by atoms with Crippen molar-refractivity contribution >= 4 is 11.8 Å². The fraction of sp³-hybridized carbons (Fsp3) is 0.118. The zero-order chi connectivity index (χ0) is 16.7. The van der Waals surface area contributed by atoms with Gasteiger partial charge in [-0.2, -0.15) is 0 Å². The van der Waals surface area contributed by atoms with Crippen molar-refractivity contribution in [2.45, 2.75) is 6.54 Å². The van der Waals surface area contributed by atoms with E-state index < -0.39 is 17.6 Å². The molecule has 2 amide bonds. The summed E-state index contributed by atoms with van der Waals surface area (Å²) >= 11 is 0. The Morgan fingerprint density at radius 3 is 2.35 bits per heavy atom. The lowest BCUT2D eigenvalue weighted by Gasteiger charge is -2.07. The third-order valence-electron chi connectivity index (χ3n) is 3.02. The van der Waals surface area contributed by atoms with Crippen molar-refractivity contribution in [1.29, 1.82) is 0 Å². The molecule has 0 aliphatic rings. The molecule has 2 N–H and O–H groups in total. The maximum atomic E-state index is 13.5. The van der Waals surface area contributed by atoms with Crippen LogP contribution in [0.1, 0.15) is 26.5 Å². The van der Waals surface area contributed by atoms with Crippen molar-refractivity contribution in [2.24, 2.45) is 0 Å². The lowest BCUT2D eigenvalue weighted by molar-refractivity contribution is 0.0943. The average molecular weight is 313 g/mol. The van der Waals surface area contributed by atoms with E-state index in [1.807, 2.05) is 0 Å². The monoisotopic (exact) mass is 313 g/mol. The molecule has 1 heterocycles. The average Bonchev–Trinajstić information content (AvgIpc) is 2.58. The van der Waals surface area contributed by atoms with E-state index in [4.69, 9.17) is 0 Å². The van der Waals surface area contributed by atoms with Crippen LogP contribution in [0.5, 0.6) is 0 Å². The fourth-order valence-corrected chi connectivity index (χ4v) is 1.85. The summed E-state index contributed by atoms with van der Waals surface area (Å²) in [6.45, 7) is 3.85. The second-order valence-electron chi connectivity index (χ2n) is 4.68. The van der Waals surface area contributed by atoms with Gasteiger partial charge in [0.15, 0.2) is 0 Å². The van der Waals surface area contributed by atoms with Gasteiger partial charge in [-0.05, 0) is 18.2 Å².